The lowest BCUT2D eigenvalue weighted by Gasteiger charge is -2.21. The van der Waals surface area contributed by atoms with Crippen molar-refractivity contribution in [3.8, 4) is 16.9 Å². The first-order valence-electron chi connectivity index (χ1n) is 16.7. The number of benzene rings is 3. The van der Waals surface area contributed by atoms with Crippen molar-refractivity contribution in [1.82, 2.24) is 0 Å². The van der Waals surface area contributed by atoms with Gasteiger partial charge in [0.05, 0.1) is 11.1 Å². The molecule has 0 aliphatic heterocycles. The molecule has 0 radical (unpaired) electrons. The van der Waals surface area contributed by atoms with Gasteiger partial charge in [-0.15, -0.1) is 0 Å². The van der Waals surface area contributed by atoms with Crippen LogP contribution < -0.4 is 4.74 Å². The van der Waals surface area contributed by atoms with E-state index in [0.29, 0.717) is 18.6 Å². The van der Waals surface area contributed by atoms with Crippen LogP contribution >= 0.6 is 0 Å². The van der Waals surface area contributed by atoms with Crippen molar-refractivity contribution in [1.29, 1.82) is 0 Å². The Balaban J connectivity index is 1.55. The zero-order valence-corrected chi connectivity index (χ0v) is 27.3. The second kappa shape index (κ2) is 19.2. The van der Waals surface area contributed by atoms with Gasteiger partial charge in [-0.05, 0) is 60.6 Å². The largest absolute Gasteiger partial charge is 0.449 e. The van der Waals surface area contributed by atoms with Crippen LogP contribution in [-0.2, 0) is 11.2 Å². The molecule has 0 unspecified atom stereocenters. The molecule has 3 rings (SSSR count). The lowest BCUT2D eigenvalue weighted by molar-refractivity contribution is -0.206. The van der Waals surface area contributed by atoms with E-state index in [-0.39, 0.29) is 12.0 Å². The van der Waals surface area contributed by atoms with Gasteiger partial charge >= 0.3 is 18.1 Å². The molecule has 0 heterocycles. The van der Waals surface area contributed by atoms with Gasteiger partial charge in [0.2, 0.25) is 0 Å². The molecule has 9 heteroatoms. The van der Waals surface area contributed by atoms with E-state index < -0.39 is 53.6 Å². The summed E-state index contributed by atoms with van der Waals surface area (Å²) in [6.45, 7) is 4.12. The molecule has 0 spiro atoms. The fourth-order valence-corrected chi connectivity index (χ4v) is 5.29. The topological polar surface area (TPSA) is 52.6 Å². The van der Waals surface area contributed by atoms with Crippen molar-refractivity contribution >= 4 is 11.9 Å². The van der Waals surface area contributed by atoms with Crippen molar-refractivity contribution < 1.29 is 41.0 Å². The molecule has 3 aromatic carbocycles. The molecule has 1 atom stereocenters. The Bertz CT molecular complexity index is 1400. The van der Waals surface area contributed by atoms with E-state index >= 15 is 0 Å². The van der Waals surface area contributed by atoms with Gasteiger partial charge in [-0.3, -0.25) is 0 Å². The van der Waals surface area contributed by atoms with E-state index in [2.05, 4.69) is 23.8 Å². The van der Waals surface area contributed by atoms with Crippen LogP contribution in [0.3, 0.4) is 0 Å². The van der Waals surface area contributed by atoms with E-state index in [9.17, 15) is 31.5 Å². The zero-order chi connectivity index (χ0) is 34.2. The number of carbonyl (C=O) groups is 2. The highest BCUT2D eigenvalue weighted by Crippen LogP contribution is 2.30. The zero-order valence-electron chi connectivity index (χ0n) is 27.3. The Kier molecular flexibility index (Phi) is 15.4. The van der Waals surface area contributed by atoms with Crippen molar-refractivity contribution in [2.45, 2.75) is 116 Å². The Labute approximate surface area is 274 Å². The smallest absolute Gasteiger partial charge is 0.425 e. The van der Waals surface area contributed by atoms with Gasteiger partial charge in [-0.25, -0.2) is 18.4 Å². The molecule has 4 nitrogen and oxygen atoms in total. The summed E-state index contributed by atoms with van der Waals surface area (Å²) in [4.78, 5) is 25.0. The Morgan fingerprint density at radius 2 is 1.19 bits per heavy atom. The highest BCUT2D eigenvalue weighted by atomic mass is 19.4. The molecular weight excluding hydrogens is 615 g/mol. The average molecular weight is 661 g/mol. The number of ether oxygens (including phenoxy) is 2. The first kappa shape index (κ1) is 37.7. The highest BCUT2D eigenvalue weighted by Gasteiger charge is 2.42. The van der Waals surface area contributed by atoms with E-state index in [0.717, 1.165) is 36.8 Å². The summed E-state index contributed by atoms with van der Waals surface area (Å²) in [6, 6.07) is 15.4. The van der Waals surface area contributed by atoms with Gasteiger partial charge in [-0.2, -0.15) is 13.2 Å². The Morgan fingerprint density at radius 1 is 0.660 bits per heavy atom. The molecule has 0 N–H and O–H groups in total. The molecule has 256 valence electrons. The fraction of sp³-hybridized carbons (Fsp3) is 0.474. The quantitative estimate of drug-likeness (QED) is 0.0556. The third-order valence-corrected chi connectivity index (χ3v) is 8.11. The maximum atomic E-state index is 14.7. The molecular formula is C38H45F5O4. The normalized spacial score (nSPS) is 12.1. The van der Waals surface area contributed by atoms with Crippen LogP contribution in [0.2, 0.25) is 0 Å². The number of unbranched alkanes of at least 4 members (excludes halogenated alkanes) is 10. The lowest BCUT2D eigenvalue weighted by Crippen LogP contribution is -2.34. The SMILES string of the molecule is CCCCCCCCCCc1ccc(-c2ccc(C(=O)Oc3cc(F)c(C(=O)O[C@H](CCCCCC)C(F)(F)F)cc3F)cc2)cc1. The minimum Gasteiger partial charge on any atom is -0.449 e. The predicted molar refractivity (Wildman–Crippen MR) is 174 cm³/mol. The molecule has 0 amide bonds. The van der Waals surface area contributed by atoms with Crippen molar-refractivity contribution in [2.24, 2.45) is 0 Å². The minimum atomic E-state index is -4.86. The number of esters is 2. The molecule has 3 aromatic rings. The van der Waals surface area contributed by atoms with Crippen LogP contribution in [0.1, 0.15) is 124 Å². The van der Waals surface area contributed by atoms with Crippen LogP contribution in [-0.4, -0.2) is 24.2 Å². The summed E-state index contributed by atoms with van der Waals surface area (Å²) in [5.41, 5.74) is 2.10. The van der Waals surface area contributed by atoms with Gasteiger partial charge in [0.15, 0.2) is 17.7 Å². The van der Waals surface area contributed by atoms with Gasteiger partial charge in [0.1, 0.15) is 5.82 Å². The van der Waals surface area contributed by atoms with Crippen LogP contribution in [0.4, 0.5) is 22.0 Å². The van der Waals surface area contributed by atoms with Gasteiger partial charge < -0.3 is 9.47 Å². The number of hydrogen-bond donors (Lipinski definition) is 0. The fourth-order valence-electron chi connectivity index (χ4n) is 5.29. The van der Waals surface area contributed by atoms with Crippen LogP contribution in [0.5, 0.6) is 5.75 Å². The molecule has 47 heavy (non-hydrogen) atoms. The van der Waals surface area contributed by atoms with Crippen LogP contribution in [0.25, 0.3) is 11.1 Å². The Hall–Kier alpha value is -3.75. The van der Waals surface area contributed by atoms with Gasteiger partial charge in [0.25, 0.3) is 0 Å². The number of hydrogen-bond acceptors (Lipinski definition) is 4. The molecule has 0 aliphatic carbocycles. The Morgan fingerprint density at radius 3 is 1.77 bits per heavy atom. The number of halogens is 5. The number of carbonyl (C=O) groups excluding carboxylic acids is 2. The third-order valence-electron chi connectivity index (χ3n) is 8.11. The summed E-state index contributed by atoms with van der Waals surface area (Å²) in [7, 11) is 0. The molecule has 0 saturated heterocycles. The van der Waals surface area contributed by atoms with E-state index in [1.54, 1.807) is 12.1 Å². The molecule has 0 aliphatic rings. The maximum absolute atomic E-state index is 14.7. The lowest BCUT2D eigenvalue weighted by atomic mass is 10.00. The van der Waals surface area contributed by atoms with E-state index in [1.165, 1.54) is 62.6 Å². The first-order valence-corrected chi connectivity index (χ1v) is 16.7. The second-order valence-corrected chi connectivity index (χ2v) is 11.9. The molecule has 0 bridgehead atoms. The third kappa shape index (κ3) is 12.4. The van der Waals surface area contributed by atoms with Gasteiger partial charge in [-0.1, -0.05) is 114 Å². The van der Waals surface area contributed by atoms with Crippen molar-refractivity contribution in [3.63, 3.8) is 0 Å². The average Bonchev–Trinajstić information content (AvgIpc) is 3.05. The predicted octanol–water partition coefficient (Wildman–Crippen LogP) is 11.6. The number of rotatable bonds is 19. The summed E-state index contributed by atoms with van der Waals surface area (Å²) in [5, 5.41) is 0. The van der Waals surface area contributed by atoms with Crippen molar-refractivity contribution in [3.05, 3.63) is 89.0 Å². The van der Waals surface area contributed by atoms with Crippen LogP contribution in [0.15, 0.2) is 60.7 Å². The number of alkyl halides is 3. The second-order valence-electron chi connectivity index (χ2n) is 11.9. The van der Waals surface area contributed by atoms with E-state index in [1.807, 2.05) is 19.1 Å². The van der Waals surface area contributed by atoms with Crippen LogP contribution in [0, 0.1) is 11.6 Å². The van der Waals surface area contributed by atoms with Crippen molar-refractivity contribution in [2.75, 3.05) is 0 Å². The van der Waals surface area contributed by atoms with Gasteiger partial charge in [0, 0.05) is 6.07 Å². The molecule has 0 saturated carbocycles. The summed E-state index contributed by atoms with van der Waals surface area (Å²) >= 11 is 0. The summed E-state index contributed by atoms with van der Waals surface area (Å²) in [5.74, 6) is -6.13. The molecule has 0 aromatic heterocycles. The maximum Gasteiger partial charge on any atom is 0.425 e. The van der Waals surface area contributed by atoms with E-state index in [4.69, 9.17) is 4.74 Å². The number of aryl methyl sites for hydroxylation is 1. The summed E-state index contributed by atoms with van der Waals surface area (Å²) in [6.07, 6.45) is 5.56. The summed E-state index contributed by atoms with van der Waals surface area (Å²) < 4.78 is 79.2. The molecule has 0 fully saturated rings. The first-order chi connectivity index (χ1) is 22.5. The minimum absolute atomic E-state index is 0.0689. The standard InChI is InChI=1S/C38H45F5O4/c1-3-5-7-9-10-11-12-13-15-27-17-19-28(20-18-27)29-21-23-30(24-22-29)36(44)46-34-26-32(39)31(25-33(34)40)37(45)47-35(38(41,42)43)16-14-8-6-4-2/h17-26,35H,3-16H2,1-2H3/t35-/m1/s1. The highest BCUT2D eigenvalue weighted by molar-refractivity contribution is 5.92. The monoisotopic (exact) mass is 660 g/mol.